The van der Waals surface area contributed by atoms with Crippen molar-refractivity contribution in [2.45, 2.75) is 13.3 Å². The third-order valence-corrected chi connectivity index (χ3v) is 4.39. The number of carbonyl (C=O) groups excluding carboxylic acids is 1. The van der Waals surface area contributed by atoms with Crippen LogP contribution in [0.4, 0.5) is 11.4 Å². The van der Waals surface area contributed by atoms with Gasteiger partial charge in [-0.2, -0.15) is 0 Å². The standard InChI is InChI=1S/C16H15BrN2O/c1-10-8-13(4-5-14(10)17)19-16(20)12-3-2-11-6-7-18-15(11)9-12/h2-5,8-9,18H,6-7H2,1H3,(H,19,20). The normalized spacial score (nSPS) is 12.7. The Bertz CT molecular complexity index is 682. The van der Waals surface area contributed by atoms with Crippen LogP contribution < -0.4 is 10.6 Å². The van der Waals surface area contributed by atoms with E-state index >= 15 is 0 Å². The van der Waals surface area contributed by atoms with E-state index in [0.717, 1.165) is 34.4 Å². The zero-order chi connectivity index (χ0) is 14.1. The Balaban J connectivity index is 1.80. The number of amides is 1. The van der Waals surface area contributed by atoms with Gasteiger partial charge in [-0.25, -0.2) is 0 Å². The maximum Gasteiger partial charge on any atom is 0.255 e. The summed E-state index contributed by atoms with van der Waals surface area (Å²) < 4.78 is 1.04. The average Bonchev–Trinajstić information content (AvgIpc) is 2.90. The third kappa shape index (κ3) is 2.56. The van der Waals surface area contributed by atoms with Crippen LogP contribution in [0.1, 0.15) is 21.5 Å². The van der Waals surface area contributed by atoms with Crippen molar-refractivity contribution >= 4 is 33.2 Å². The van der Waals surface area contributed by atoms with E-state index in [9.17, 15) is 4.79 Å². The van der Waals surface area contributed by atoms with Crippen LogP contribution in [-0.4, -0.2) is 12.5 Å². The summed E-state index contributed by atoms with van der Waals surface area (Å²) in [4.78, 5) is 12.3. The van der Waals surface area contributed by atoms with E-state index < -0.39 is 0 Å². The average molecular weight is 331 g/mol. The fraction of sp³-hybridized carbons (Fsp3) is 0.188. The number of rotatable bonds is 2. The van der Waals surface area contributed by atoms with Gasteiger partial charge in [0.05, 0.1) is 0 Å². The van der Waals surface area contributed by atoms with Crippen molar-refractivity contribution in [2.75, 3.05) is 17.2 Å². The number of hydrogen-bond acceptors (Lipinski definition) is 2. The smallest absolute Gasteiger partial charge is 0.255 e. The van der Waals surface area contributed by atoms with Crippen molar-refractivity contribution in [3.63, 3.8) is 0 Å². The first-order valence-corrected chi connectivity index (χ1v) is 7.37. The third-order valence-electron chi connectivity index (χ3n) is 3.50. The molecule has 1 aliphatic rings. The first-order chi connectivity index (χ1) is 9.63. The predicted octanol–water partition coefficient (Wildman–Crippen LogP) is 3.98. The molecule has 1 heterocycles. The van der Waals surface area contributed by atoms with Crippen molar-refractivity contribution < 1.29 is 4.79 Å². The molecule has 0 saturated carbocycles. The van der Waals surface area contributed by atoms with Crippen LogP contribution in [0.25, 0.3) is 0 Å². The molecule has 0 radical (unpaired) electrons. The van der Waals surface area contributed by atoms with Crippen molar-refractivity contribution in [3.05, 3.63) is 57.6 Å². The zero-order valence-electron chi connectivity index (χ0n) is 11.2. The molecule has 0 atom stereocenters. The zero-order valence-corrected chi connectivity index (χ0v) is 12.8. The van der Waals surface area contributed by atoms with Gasteiger partial charge in [-0.1, -0.05) is 22.0 Å². The van der Waals surface area contributed by atoms with Crippen LogP contribution in [0.5, 0.6) is 0 Å². The second kappa shape index (κ2) is 5.29. The van der Waals surface area contributed by atoms with E-state index in [4.69, 9.17) is 0 Å². The second-order valence-electron chi connectivity index (χ2n) is 4.97. The number of nitrogens with one attached hydrogen (secondary N) is 2. The fourth-order valence-electron chi connectivity index (χ4n) is 2.36. The number of halogens is 1. The lowest BCUT2D eigenvalue weighted by Crippen LogP contribution is -2.12. The first-order valence-electron chi connectivity index (χ1n) is 6.58. The minimum absolute atomic E-state index is 0.0803. The van der Waals surface area contributed by atoms with Crippen molar-refractivity contribution in [3.8, 4) is 0 Å². The maximum absolute atomic E-state index is 12.3. The molecule has 1 amide bonds. The molecule has 3 nitrogen and oxygen atoms in total. The fourth-order valence-corrected chi connectivity index (χ4v) is 2.60. The lowest BCUT2D eigenvalue weighted by Gasteiger charge is -2.08. The minimum atomic E-state index is -0.0803. The molecule has 2 aromatic rings. The molecule has 2 N–H and O–H groups in total. The van der Waals surface area contributed by atoms with Gasteiger partial charge in [0.2, 0.25) is 0 Å². The van der Waals surface area contributed by atoms with Gasteiger partial charge >= 0.3 is 0 Å². The van der Waals surface area contributed by atoms with Crippen LogP contribution >= 0.6 is 15.9 Å². The molecule has 20 heavy (non-hydrogen) atoms. The SMILES string of the molecule is Cc1cc(NC(=O)c2ccc3c(c2)NCC3)ccc1Br. The van der Waals surface area contributed by atoms with Crippen molar-refractivity contribution in [2.24, 2.45) is 0 Å². The Kier molecular flexibility index (Phi) is 3.49. The summed E-state index contributed by atoms with van der Waals surface area (Å²) in [5.74, 6) is -0.0803. The Hall–Kier alpha value is -1.81. The molecule has 3 rings (SSSR count). The van der Waals surface area contributed by atoms with E-state index in [1.165, 1.54) is 5.56 Å². The van der Waals surface area contributed by atoms with Gasteiger partial charge in [0.25, 0.3) is 5.91 Å². The van der Waals surface area contributed by atoms with E-state index in [0.29, 0.717) is 5.56 Å². The summed E-state index contributed by atoms with van der Waals surface area (Å²) in [6.07, 6.45) is 1.03. The quantitative estimate of drug-likeness (QED) is 0.874. The molecule has 102 valence electrons. The Morgan fingerprint density at radius 3 is 2.90 bits per heavy atom. The highest BCUT2D eigenvalue weighted by atomic mass is 79.9. The molecule has 0 unspecified atom stereocenters. The van der Waals surface area contributed by atoms with Gasteiger partial charge in [0.1, 0.15) is 0 Å². The summed E-state index contributed by atoms with van der Waals surface area (Å²) in [5, 5.41) is 6.22. The molecule has 0 fully saturated rings. The highest BCUT2D eigenvalue weighted by Gasteiger charge is 2.13. The Morgan fingerprint density at radius 2 is 2.10 bits per heavy atom. The van der Waals surface area contributed by atoms with Gasteiger partial charge in [-0.3, -0.25) is 4.79 Å². The summed E-state index contributed by atoms with van der Waals surface area (Å²) in [6, 6.07) is 11.6. The second-order valence-corrected chi connectivity index (χ2v) is 5.82. The molecule has 0 aliphatic carbocycles. The Labute approximate surface area is 126 Å². The summed E-state index contributed by atoms with van der Waals surface area (Å²) >= 11 is 3.45. The van der Waals surface area contributed by atoms with Gasteiger partial charge in [0.15, 0.2) is 0 Å². The van der Waals surface area contributed by atoms with Crippen LogP contribution in [0.15, 0.2) is 40.9 Å². The number of carbonyl (C=O) groups is 1. The lowest BCUT2D eigenvalue weighted by molar-refractivity contribution is 0.102. The molecule has 1 aliphatic heterocycles. The molecule has 4 heteroatoms. The number of anilines is 2. The molecule has 0 spiro atoms. The van der Waals surface area contributed by atoms with Crippen LogP contribution in [0.2, 0.25) is 0 Å². The van der Waals surface area contributed by atoms with Gasteiger partial charge in [0, 0.05) is 28.0 Å². The molecule has 0 aromatic heterocycles. The Morgan fingerprint density at radius 1 is 1.25 bits per heavy atom. The number of aryl methyl sites for hydroxylation is 1. The summed E-state index contributed by atoms with van der Waals surface area (Å²) in [6.45, 7) is 2.95. The highest BCUT2D eigenvalue weighted by Crippen LogP contribution is 2.24. The van der Waals surface area contributed by atoms with E-state index in [-0.39, 0.29) is 5.91 Å². The van der Waals surface area contributed by atoms with Crippen molar-refractivity contribution in [1.29, 1.82) is 0 Å². The molecular weight excluding hydrogens is 316 g/mol. The van der Waals surface area contributed by atoms with E-state index in [1.807, 2.05) is 43.3 Å². The topological polar surface area (TPSA) is 41.1 Å². The lowest BCUT2D eigenvalue weighted by atomic mass is 10.1. The summed E-state index contributed by atoms with van der Waals surface area (Å²) in [5.41, 5.74) is 4.94. The molecule has 0 saturated heterocycles. The summed E-state index contributed by atoms with van der Waals surface area (Å²) in [7, 11) is 0. The number of fused-ring (bicyclic) bond motifs is 1. The molecule has 0 bridgehead atoms. The van der Waals surface area contributed by atoms with E-state index in [2.05, 4.69) is 26.6 Å². The first kappa shape index (κ1) is 13.2. The highest BCUT2D eigenvalue weighted by molar-refractivity contribution is 9.10. The molecule has 2 aromatic carbocycles. The number of hydrogen-bond donors (Lipinski definition) is 2. The van der Waals surface area contributed by atoms with Gasteiger partial charge in [-0.05, 0) is 54.8 Å². The van der Waals surface area contributed by atoms with Crippen LogP contribution in [0, 0.1) is 6.92 Å². The molecular formula is C16H15BrN2O. The van der Waals surface area contributed by atoms with Crippen LogP contribution in [0.3, 0.4) is 0 Å². The monoisotopic (exact) mass is 330 g/mol. The van der Waals surface area contributed by atoms with Crippen LogP contribution in [-0.2, 0) is 6.42 Å². The van der Waals surface area contributed by atoms with Gasteiger partial charge in [-0.15, -0.1) is 0 Å². The maximum atomic E-state index is 12.3. The predicted molar refractivity (Wildman–Crippen MR) is 85.5 cm³/mol. The van der Waals surface area contributed by atoms with Gasteiger partial charge < -0.3 is 10.6 Å². The van der Waals surface area contributed by atoms with Crippen molar-refractivity contribution in [1.82, 2.24) is 0 Å². The van der Waals surface area contributed by atoms with E-state index in [1.54, 1.807) is 0 Å². The largest absolute Gasteiger partial charge is 0.384 e. The number of benzene rings is 2. The minimum Gasteiger partial charge on any atom is -0.384 e.